The summed E-state index contributed by atoms with van der Waals surface area (Å²) in [5.74, 6) is 1.02. The molecular formula is C22H25FN4O2. The standard InChI is InChI=1S/C22H25FN4O2/c1-4-24-22(25-12-16-7-10-20(28-3)19(23)11-16)26-13-18-14-29-21(27-18)17-8-5-15(2)6-9-17/h5-11,14H,4,12-13H2,1-3H3,(H2,24,25,26). The quantitative estimate of drug-likeness (QED) is 0.466. The Morgan fingerprint density at radius 3 is 2.66 bits per heavy atom. The molecule has 0 spiro atoms. The van der Waals surface area contributed by atoms with Crippen LogP contribution in [0.4, 0.5) is 4.39 Å². The van der Waals surface area contributed by atoms with Crippen LogP contribution in [0.25, 0.3) is 11.5 Å². The van der Waals surface area contributed by atoms with Gasteiger partial charge in [-0.15, -0.1) is 0 Å². The highest BCUT2D eigenvalue weighted by Gasteiger charge is 2.08. The van der Waals surface area contributed by atoms with Crippen molar-refractivity contribution in [1.29, 1.82) is 0 Å². The van der Waals surface area contributed by atoms with Gasteiger partial charge in [0.25, 0.3) is 0 Å². The Labute approximate surface area is 169 Å². The summed E-state index contributed by atoms with van der Waals surface area (Å²) in [5.41, 5.74) is 3.64. The van der Waals surface area contributed by atoms with Gasteiger partial charge in [0.1, 0.15) is 6.26 Å². The van der Waals surface area contributed by atoms with Crippen LogP contribution in [-0.4, -0.2) is 24.6 Å². The van der Waals surface area contributed by atoms with Crippen LogP contribution in [0.15, 0.2) is 58.1 Å². The zero-order chi connectivity index (χ0) is 20.6. The van der Waals surface area contributed by atoms with Gasteiger partial charge in [0.05, 0.1) is 25.9 Å². The van der Waals surface area contributed by atoms with Gasteiger partial charge < -0.3 is 19.8 Å². The van der Waals surface area contributed by atoms with Crippen molar-refractivity contribution >= 4 is 5.96 Å². The molecule has 2 aromatic carbocycles. The molecule has 29 heavy (non-hydrogen) atoms. The van der Waals surface area contributed by atoms with Crippen molar-refractivity contribution in [3.05, 3.63) is 71.4 Å². The van der Waals surface area contributed by atoms with Crippen LogP contribution < -0.4 is 15.4 Å². The molecular weight excluding hydrogens is 371 g/mol. The number of oxazole rings is 1. The largest absolute Gasteiger partial charge is 0.494 e. The van der Waals surface area contributed by atoms with Crippen LogP contribution in [0.1, 0.15) is 23.7 Å². The highest BCUT2D eigenvalue weighted by Crippen LogP contribution is 2.19. The first-order valence-corrected chi connectivity index (χ1v) is 9.45. The van der Waals surface area contributed by atoms with Crippen molar-refractivity contribution in [2.75, 3.05) is 13.7 Å². The van der Waals surface area contributed by atoms with E-state index >= 15 is 0 Å². The van der Waals surface area contributed by atoms with E-state index in [1.165, 1.54) is 18.7 Å². The average Bonchev–Trinajstić information content (AvgIpc) is 3.20. The molecule has 7 heteroatoms. The second-order valence-corrected chi connectivity index (χ2v) is 6.53. The number of hydrogen-bond donors (Lipinski definition) is 2. The molecule has 0 saturated heterocycles. The number of benzene rings is 2. The fraction of sp³-hybridized carbons (Fsp3) is 0.273. The zero-order valence-electron chi connectivity index (χ0n) is 16.8. The van der Waals surface area contributed by atoms with Crippen molar-refractivity contribution < 1.29 is 13.5 Å². The van der Waals surface area contributed by atoms with Gasteiger partial charge in [0.2, 0.25) is 5.89 Å². The van der Waals surface area contributed by atoms with E-state index in [-0.39, 0.29) is 5.75 Å². The maximum Gasteiger partial charge on any atom is 0.226 e. The number of ether oxygens (including phenoxy) is 1. The van der Waals surface area contributed by atoms with Crippen molar-refractivity contribution in [2.24, 2.45) is 4.99 Å². The van der Waals surface area contributed by atoms with Crippen molar-refractivity contribution in [2.45, 2.75) is 26.9 Å². The lowest BCUT2D eigenvalue weighted by Gasteiger charge is -2.10. The molecule has 0 aliphatic heterocycles. The smallest absolute Gasteiger partial charge is 0.226 e. The molecule has 0 aliphatic rings. The summed E-state index contributed by atoms with van der Waals surface area (Å²) in [6, 6.07) is 12.8. The monoisotopic (exact) mass is 396 g/mol. The Bertz CT molecular complexity index is 967. The summed E-state index contributed by atoms with van der Waals surface area (Å²) < 4.78 is 24.4. The second kappa shape index (κ2) is 9.73. The molecule has 0 bridgehead atoms. The van der Waals surface area contributed by atoms with Crippen LogP contribution in [-0.2, 0) is 13.1 Å². The van der Waals surface area contributed by atoms with Gasteiger partial charge in [0, 0.05) is 12.1 Å². The number of halogens is 1. The predicted octanol–water partition coefficient (Wildman–Crippen LogP) is 4.05. The number of methoxy groups -OCH3 is 1. The third-order valence-electron chi connectivity index (χ3n) is 4.27. The summed E-state index contributed by atoms with van der Waals surface area (Å²) in [6.45, 7) is 5.52. The number of aryl methyl sites for hydroxylation is 1. The first-order valence-electron chi connectivity index (χ1n) is 9.45. The molecule has 1 aromatic heterocycles. The molecule has 3 aromatic rings. The minimum absolute atomic E-state index is 0.221. The van der Waals surface area contributed by atoms with Gasteiger partial charge in [-0.05, 0) is 43.7 Å². The van der Waals surface area contributed by atoms with E-state index < -0.39 is 5.82 Å². The lowest BCUT2D eigenvalue weighted by atomic mass is 10.1. The van der Waals surface area contributed by atoms with Gasteiger partial charge in [-0.2, -0.15) is 0 Å². The van der Waals surface area contributed by atoms with Gasteiger partial charge in [-0.1, -0.05) is 23.8 Å². The molecule has 6 nitrogen and oxygen atoms in total. The maximum absolute atomic E-state index is 13.8. The fourth-order valence-corrected chi connectivity index (χ4v) is 2.71. The second-order valence-electron chi connectivity index (χ2n) is 6.53. The average molecular weight is 396 g/mol. The van der Waals surface area contributed by atoms with E-state index in [0.29, 0.717) is 31.5 Å². The van der Waals surface area contributed by atoms with E-state index in [2.05, 4.69) is 20.6 Å². The number of nitrogens with zero attached hydrogens (tertiary/aromatic N) is 2. The van der Waals surface area contributed by atoms with E-state index in [1.54, 1.807) is 18.4 Å². The Balaban J connectivity index is 1.62. The highest BCUT2D eigenvalue weighted by molar-refractivity contribution is 5.79. The molecule has 1 heterocycles. The van der Waals surface area contributed by atoms with Gasteiger partial charge >= 0.3 is 0 Å². The normalized spacial score (nSPS) is 11.4. The molecule has 0 atom stereocenters. The molecule has 0 aliphatic carbocycles. The molecule has 0 radical (unpaired) electrons. The molecule has 0 saturated carbocycles. The van der Waals surface area contributed by atoms with E-state index in [9.17, 15) is 4.39 Å². The summed E-state index contributed by atoms with van der Waals surface area (Å²) in [4.78, 5) is 9.01. The number of aliphatic imine (C=N–C) groups is 1. The summed E-state index contributed by atoms with van der Waals surface area (Å²) in [5, 5.41) is 6.38. The van der Waals surface area contributed by atoms with E-state index in [1.807, 2.05) is 38.1 Å². The Morgan fingerprint density at radius 1 is 1.17 bits per heavy atom. The Kier molecular flexibility index (Phi) is 6.84. The van der Waals surface area contributed by atoms with Crippen LogP contribution in [0.2, 0.25) is 0 Å². The molecule has 0 unspecified atom stereocenters. The van der Waals surface area contributed by atoms with Crippen molar-refractivity contribution in [1.82, 2.24) is 15.6 Å². The van der Waals surface area contributed by atoms with Crippen LogP contribution in [0.5, 0.6) is 5.75 Å². The summed E-state index contributed by atoms with van der Waals surface area (Å²) in [6.07, 6.45) is 1.63. The number of hydrogen-bond acceptors (Lipinski definition) is 4. The maximum atomic E-state index is 13.8. The first-order chi connectivity index (χ1) is 14.1. The molecule has 152 valence electrons. The fourth-order valence-electron chi connectivity index (χ4n) is 2.71. The SMILES string of the molecule is CCNC(=NCc1ccc(OC)c(F)c1)NCc1coc(-c2ccc(C)cc2)n1. The number of guanidine groups is 1. The van der Waals surface area contributed by atoms with Crippen LogP contribution in [0.3, 0.4) is 0 Å². The van der Waals surface area contributed by atoms with Crippen molar-refractivity contribution in [3.63, 3.8) is 0 Å². The lowest BCUT2D eigenvalue weighted by molar-refractivity contribution is 0.386. The molecule has 0 amide bonds. The first kappa shape index (κ1) is 20.4. The third kappa shape index (κ3) is 5.57. The van der Waals surface area contributed by atoms with Gasteiger partial charge in [-0.3, -0.25) is 0 Å². The number of aromatic nitrogens is 1. The predicted molar refractivity (Wildman–Crippen MR) is 111 cm³/mol. The van der Waals surface area contributed by atoms with Crippen molar-refractivity contribution in [3.8, 4) is 17.2 Å². The van der Waals surface area contributed by atoms with Crippen LogP contribution >= 0.6 is 0 Å². The Hall–Kier alpha value is -3.35. The van der Waals surface area contributed by atoms with E-state index in [0.717, 1.165) is 16.8 Å². The third-order valence-corrected chi connectivity index (χ3v) is 4.27. The molecule has 0 fully saturated rings. The highest BCUT2D eigenvalue weighted by atomic mass is 19.1. The van der Waals surface area contributed by atoms with Crippen LogP contribution in [0, 0.1) is 12.7 Å². The lowest BCUT2D eigenvalue weighted by Crippen LogP contribution is -2.36. The van der Waals surface area contributed by atoms with E-state index in [4.69, 9.17) is 9.15 Å². The minimum atomic E-state index is -0.399. The number of nitrogens with one attached hydrogen (secondary N) is 2. The number of rotatable bonds is 7. The van der Waals surface area contributed by atoms with Gasteiger partial charge in [0.15, 0.2) is 17.5 Å². The Morgan fingerprint density at radius 2 is 1.97 bits per heavy atom. The summed E-state index contributed by atoms with van der Waals surface area (Å²) in [7, 11) is 1.44. The molecule has 3 rings (SSSR count). The minimum Gasteiger partial charge on any atom is -0.494 e. The topological polar surface area (TPSA) is 71.7 Å². The molecule has 2 N–H and O–H groups in total. The summed E-state index contributed by atoms with van der Waals surface area (Å²) >= 11 is 0. The zero-order valence-corrected chi connectivity index (χ0v) is 16.8. The van der Waals surface area contributed by atoms with Gasteiger partial charge in [-0.25, -0.2) is 14.4 Å².